The lowest BCUT2D eigenvalue weighted by Crippen LogP contribution is -2.26. The summed E-state index contributed by atoms with van der Waals surface area (Å²) >= 11 is 9.31. The van der Waals surface area contributed by atoms with Crippen LogP contribution in [0.5, 0.6) is 0 Å². The SMILES string of the molecule is CS(=O)(=O)NCCCNCc1ccc(Br)c(Cl)c1. The highest BCUT2D eigenvalue weighted by Crippen LogP contribution is 2.22. The zero-order chi connectivity index (χ0) is 13.6. The average molecular weight is 356 g/mol. The quantitative estimate of drug-likeness (QED) is 0.737. The molecule has 0 radical (unpaired) electrons. The van der Waals surface area contributed by atoms with Crippen LogP contribution in [0.3, 0.4) is 0 Å². The van der Waals surface area contributed by atoms with Gasteiger partial charge in [-0.1, -0.05) is 17.7 Å². The number of halogens is 2. The van der Waals surface area contributed by atoms with Gasteiger partial charge in [-0.05, 0) is 46.6 Å². The van der Waals surface area contributed by atoms with Gasteiger partial charge in [0, 0.05) is 17.6 Å². The standard InChI is InChI=1S/C11H16BrClN2O2S/c1-18(16,17)15-6-2-5-14-8-9-3-4-10(12)11(13)7-9/h3-4,7,14-15H,2,5-6,8H2,1H3. The number of benzene rings is 1. The molecular formula is C11H16BrClN2O2S. The van der Waals surface area contributed by atoms with Gasteiger partial charge in [-0.2, -0.15) is 0 Å². The van der Waals surface area contributed by atoms with E-state index in [2.05, 4.69) is 26.0 Å². The number of hydrogen-bond donors (Lipinski definition) is 2. The number of sulfonamides is 1. The Morgan fingerprint density at radius 3 is 2.67 bits per heavy atom. The summed E-state index contributed by atoms with van der Waals surface area (Å²) in [5.41, 5.74) is 1.10. The van der Waals surface area contributed by atoms with E-state index in [1.54, 1.807) is 0 Å². The Morgan fingerprint density at radius 2 is 2.06 bits per heavy atom. The summed E-state index contributed by atoms with van der Waals surface area (Å²) in [5.74, 6) is 0. The first kappa shape index (κ1) is 15.9. The van der Waals surface area contributed by atoms with Gasteiger partial charge in [0.2, 0.25) is 10.0 Å². The van der Waals surface area contributed by atoms with Crippen LogP contribution in [0.2, 0.25) is 5.02 Å². The van der Waals surface area contributed by atoms with Crippen LogP contribution in [0.25, 0.3) is 0 Å². The van der Waals surface area contributed by atoms with Gasteiger partial charge in [-0.25, -0.2) is 13.1 Å². The molecule has 4 nitrogen and oxygen atoms in total. The highest BCUT2D eigenvalue weighted by atomic mass is 79.9. The number of hydrogen-bond acceptors (Lipinski definition) is 3. The molecule has 0 aromatic heterocycles. The molecule has 0 aliphatic rings. The largest absolute Gasteiger partial charge is 0.313 e. The van der Waals surface area contributed by atoms with Crippen LogP contribution in [0.4, 0.5) is 0 Å². The van der Waals surface area contributed by atoms with E-state index in [9.17, 15) is 8.42 Å². The van der Waals surface area contributed by atoms with Crippen molar-refractivity contribution in [1.29, 1.82) is 0 Å². The van der Waals surface area contributed by atoms with Crippen LogP contribution in [0, 0.1) is 0 Å². The Morgan fingerprint density at radius 1 is 1.33 bits per heavy atom. The number of nitrogens with one attached hydrogen (secondary N) is 2. The van der Waals surface area contributed by atoms with Crippen LogP contribution < -0.4 is 10.0 Å². The minimum Gasteiger partial charge on any atom is -0.313 e. The molecule has 0 aliphatic heterocycles. The van der Waals surface area contributed by atoms with E-state index in [0.717, 1.165) is 29.3 Å². The van der Waals surface area contributed by atoms with Gasteiger partial charge in [-0.15, -0.1) is 0 Å². The van der Waals surface area contributed by atoms with E-state index in [-0.39, 0.29) is 0 Å². The lowest BCUT2D eigenvalue weighted by molar-refractivity contribution is 0.579. The van der Waals surface area contributed by atoms with Crippen LogP contribution in [0.15, 0.2) is 22.7 Å². The topological polar surface area (TPSA) is 58.2 Å². The van der Waals surface area contributed by atoms with Crippen molar-refractivity contribution in [3.63, 3.8) is 0 Å². The van der Waals surface area contributed by atoms with Gasteiger partial charge < -0.3 is 5.32 Å². The zero-order valence-electron chi connectivity index (χ0n) is 10.0. The molecule has 0 heterocycles. The Labute approximate surface area is 121 Å². The normalized spacial score (nSPS) is 11.7. The Hall–Kier alpha value is -0.140. The molecule has 18 heavy (non-hydrogen) atoms. The molecule has 102 valence electrons. The maximum atomic E-state index is 10.8. The molecule has 0 bridgehead atoms. The second kappa shape index (κ2) is 7.45. The molecule has 0 spiro atoms. The first-order valence-electron chi connectivity index (χ1n) is 5.48. The van der Waals surface area contributed by atoms with E-state index in [0.29, 0.717) is 18.1 Å². The van der Waals surface area contributed by atoms with Crippen molar-refractivity contribution in [2.24, 2.45) is 0 Å². The summed E-state index contributed by atoms with van der Waals surface area (Å²) in [7, 11) is -3.07. The maximum absolute atomic E-state index is 10.8. The van der Waals surface area contributed by atoms with Crippen molar-refractivity contribution in [2.75, 3.05) is 19.3 Å². The highest BCUT2D eigenvalue weighted by Gasteiger charge is 2.00. The van der Waals surface area contributed by atoms with Crippen molar-refractivity contribution in [3.05, 3.63) is 33.3 Å². The van der Waals surface area contributed by atoms with E-state index in [1.165, 1.54) is 0 Å². The fourth-order valence-corrected chi connectivity index (χ4v) is 2.32. The molecule has 1 aromatic rings. The summed E-state index contributed by atoms with van der Waals surface area (Å²) < 4.78 is 24.9. The minimum absolute atomic E-state index is 0.451. The summed E-state index contributed by atoms with van der Waals surface area (Å²) in [5, 5.41) is 3.91. The second-order valence-corrected chi connectivity index (χ2v) is 7.04. The van der Waals surface area contributed by atoms with Crippen LogP contribution in [-0.2, 0) is 16.6 Å². The molecule has 0 fully saturated rings. The van der Waals surface area contributed by atoms with Crippen molar-refractivity contribution in [2.45, 2.75) is 13.0 Å². The molecule has 0 atom stereocenters. The highest BCUT2D eigenvalue weighted by molar-refractivity contribution is 9.10. The molecule has 0 aliphatic carbocycles. The first-order chi connectivity index (χ1) is 8.38. The molecule has 0 saturated carbocycles. The molecule has 0 unspecified atom stereocenters. The molecule has 2 N–H and O–H groups in total. The van der Waals surface area contributed by atoms with Crippen LogP contribution in [0.1, 0.15) is 12.0 Å². The maximum Gasteiger partial charge on any atom is 0.208 e. The van der Waals surface area contributed by atoms with Gasteiger partial charge in [0.05, 0.1) is 11.3 Å². The Balaban J connectivity index is 2.20. The summed E-state index contributed by atoms with van der Waals surface area (Å²) in [6.07, 6.45) is 1.90. The summed E-state index contributed by atoms with van der Waals surface area (Å²) in [4.78, 5) is 0. The van der Waals surface area contributed by atoms with Gasteiger partial charge in [0.15, 0.2) is 0 Å². The lowest BCUT2D eigenvalue weighted by Gasteiger charge is -2.06. The fraction of sp³-hybridized carbons (Fsp3) is 0.455. The molecular weight excluding hydrogens is 340 g/mol. The predicted octanol–water partition coefficient (Wildman–Crippen LogP) is 2.13. The fourth-order valence-electron chi connectivity index (χ4n) is 1.35. The Bertz CT molecular complexity index is 494. The third-order valence-electron chi connectivity index (χ3n) is 2.21. The second-order valence-electron chi connectivity index (χ2n) is 3.95. The first-order valence-corrected chi connectivity index (χ1v) is 8.54. The van der Waals surface area contributed by atoms with E-state index < -0.39 is 10.0 Å². The summed E-state index contributed by atoms with van der Waals surface area (Å²) in [6, 6.07) is 5.79. The van der Waals surface area contributed by atoms with E-state index >= 15 is 0 Å². The van der Waals surface area contributed by atoms with Crippen molar-refractivity contribution in [3.8, 4) is 0 Å². The molecule has 1 aromatic carbocycles. The molecule has 1 rings (SSSR count). The predicted molar refractivity (Wildman–Crippen MR) is 78.3 cm³/mol. The molecule has 0 saturated heterocycles. The average Bonchev–Trinajstić information content (AvgIpc) is 2.26. The van der Waals surface area contributed by atoms with Gasteiger partial charge in [0.25, 0.3) is 0 Å². The van der Waals surface area contributed by atoms with E-state index in [4.69, 9.17) is 11.6 Å². The minimum atomic E-state index is -3.07. The van der Waals surface area contributed by atoms with Crippen molar-refractivity contribution >= 4 is 37.6 Å². The smallest absolute Gasteiger partial charge is 0.208 e. The van der Waals surface area contributed by atoms with Crippen LogP contribution >= 0.6 is 27.5 Å². The third kappa shape index (κ3) is 6.70. The zero-order valence-corrected chi connectivity index (χ0v) is 13.2. The van der Waals surface area contributed by atoms with Gasteiger partial charge >= 0.3 is 0 Å². The lowest BCUT2D eigenvalue weighted by atomic mass is 10.2. The Kier molecular flexibility index (Phi) is 6.59. The third-order valence-corrected chi connectivity index (χ3v) is 4.17. The van der Waals surface area contributed by atoms with Crippen LogP contribution in [-0.4, -0.2) is 27.8 Å². The monoisotopic (exact) mass is 354 g/mol. The molecule has 0 amide bonds. The van der Waals surface area contributed by atoms with Crippen molar-refractivity contribution in [1.82, 2.24) is 10.0 Å². The number of rotatable bonds is 7. The summed E-state index contributed by atoms with van der Waals surface area (Å²) in [6.45, 7) is 1.91. The molecule has 7 heteroatoms. The van der Waals surface area contributed by atoms with Gasteiger partial charge in [-0.3, -0.25) is 0 Å². The van der Waals surface area contributed by atoms with Gasteiger partial charge in [0.1, 0.15) is 0 Å². The van der Waals surface area contributed by atoms with Crippen molar-refractivity contribution < 1.29 is 8.42 Å². The van der Waals surface area contributed by atoms with E-state index in [1.807, 2.05) is 18.2 Å².